The molecule has 1 aliphatic heterocycles. The van der Waals surface area contributed by atoms with Crippen LogP contribution in [0.3, 0.4) is 0 Å². The molecule has 1 heterocycles. The number of aliphatic carboxylic acids is 1. The third kappa shape index (κ3) is 5.96. The van der Waals surface area contributed by atoms with Gasteiger partial charge in [0, 0.05) is 25.7 Å². The van der Waals surface area contributed by atoms with E-state index in [0.717, 1.165) is 11.1 Å². The third-order valence-electron chi connectivity index (χ3n) is 7.06. The molecule has 3 atom stereocenters. The molecule has 4 rings (SSSR count). The molecule has 0 spiro atoms. The van der Waals surface area contributed by atoms with Crippen molar-refractivity contribution in [2.24, 2.45) is 11.8 Å². The number of carbonyl (C=O) groups is 2. The smallest absolute Gasteiger partial charge is 0.410 e. The molecule has 0 bridgehead atoms. The van der Waals surface area contributed by atoms with Crippen molar-refractivity contribution in [1.82, 2.24) is 9.21 Å². The fourth-order valence-electron chi connectivity index (χ4n) is 5.17. The standard InChI is InChI=1S/C27H32N2O6S/c1-20-16-22(25(17-20)26(30)31)12-13-23-18-28(27(32)35-19-21-8-4-2-5-9-21)14-15-29(23)36(33,34)24-10-6-3-7-11-24/h2-11,22-23,25H,1,12-19H2,(H,30,31)/t22?,23-,25?/m0/s1. The summed E-state index contributed by atoms with van der Waals surface area (Å²) in [6, 6.07) is 17.1. The van der Waals surface area contributed by atoms with Gasteiger partial charge in [0.15, 0.2) is 0 Å². The molecule has 2 unspecified atom stereocenters. The van der Waals surface area contributed by atoms with Crippen LogP contribution in [0.15, 0.2) is 77.7 Å². The minimum absolute atomic E-state index is 0.100. The minimum atomic E-state index is -3.78. The van der Waals surface area contributed by atoms with Gasteiger partial charge in [-0.05, 0) is 49.3 Å². The van der Waals surface area contributed by atoms with Gasteiger partial charge in [-0.2, -0.15) is 4.31 Å². The van der Waals surface area contributed by atoms with Crippen LogP contribution in [0, 0.1) is 11.8 Å². The van der Waals surface area contributed by atoms with E-state index in [0.29, 0.717) is 25.7 Å². The number of carbonyl (C=O) groups excluding carboxylic acids is 1. The van der Waals surface area contributed by atoms with Crippen LogP contribution in [0.5, 0.6) is 0 Å². The van der Waals surface area contributed by atoms with Crippen molar-refractivity contribution in [1.29, 1.82) is 0 Å². The Balaban J connectivity index is 1.49. The molecule has 9 heteroatoms. The summed E-state index contributed by atoms with van der Waals surface area (Å²) in [6.07, 6.45) is 1.57. The first-order valence-electron chi connectivity index (χ1n) is 12.2. The number of hydrogen-bond acceptors (Lipinski definition) is 5. The van der Waals surface area contributed by atoms with E-state index in [1.807, 2.05) is 30.3 Å². The van der Waals surface area contributed by atoms with Crippen LogP contribution in [0.4, 0.5) is 4.79 Å². The molecule has 8 nitrogen and oxygen atoms in total. The molecule has 1 N–H and O–H groups in total. The molecular formula is C27H32N2O6S. The number of sulfonamides is 1. The molecule has 1 amide bonds. The fourth-order valence-corrected chi connectivity index (χ4v) is 6.83. The van der Waals surface area contributed by atoms with Gasteiger partial charge < -0.3 is 14.7 Å². The highest BCUT2D eigenvalue weighted by Crippen LogP contribution is 2.39. The lowest BCUT2D eigenvalue weighted by Gasteiger charge is -2.40. The average molecular weight is 513 g/mol. The molecule has 0 aromatic heterocycles. The van der Waals surface area contributed by atoms with Gasteiger partial charge in [0.25, 0.3) is 0 Å². The molecule has 1 saturated carbocycles. The maximum absolute atomic E-state index is 13.5. The summed E-state index contributed by atoms with van der Waals surface area (Å²) in [5, 5.41) is 9.62. The van der Waals surface area contributed by atoms with Crippen LogP contribution in [0.25, 0.3) is 0 Å². The predicted octanol–water partition coefficient (Wildman–Crippen LogP) is 4.15. The van der Waals surface area contributed by atoms with Crippen molar-refractivity contribution in [2.75, 3.05) is 19.6 Å². The Hall–Kier alpha value is -3.17. The molecule has 36 heavy (non-hydrogen) atoms. The zero-order chi connectivity index (χ0) is 25.7. The van der Waals surface area contributed by atoms with Crippen molar-refractivity contribution < 1.29 is 27.9 Å². The van der Waals surface area contributed by atoms with E-state index in [2.05, 4.69) is 6.58 Å². The fraction of sp³-hybridized carbons (Fsp3) is 0.407. The van der Waals surface area contributed by atoms with E-state index in [1.54, 1.807) is 35.2 Å². The number of hydrogen-bond donors (Lipinski definition) is 1. The van der Waals surface area contributed by atoms with Crippen LogP contribution >= 0.6 is 0 Å². The Morgan fingerprint density at radius 1 is 0.972 bits per heavy atom. The monoisotopic (exact) mass is 512 g/mol. The second kappa shape index (κ2) is 11.3. The summed E-state index contributed by atoms with van der Waals surface area (Å²) < 4.78 is 33.9. The molecule has 0 radical (unpaired) electrons. The van der Waals surface area contributed by atoms with Gasteiger partial charge in [0.05, 0.1) is 10.8 Å². The summed E-state index contributed by atoms with van der Waals surface area (Å²) in [5.74, 6) is -1.45. The highest BCUT2D eigenvalue weighted by molar-refractivity contribution is 7.89. The summed E-state index contributed by atoms with van der Waals surface area (Å²) >= 11 is 0. The second-order valence-electron chi connectivity index (χ2n) is 9.51. The number of rotatable bonds is 8. The maximum atomic E-state index is 13.5. The number of allylic oxidation sites excluding steroid dienone is 1. The van der Waals surface area contributed by atoms with E-state index >= 15 is 0 Å². The highest BCUT2D eigenvalue weighted by Gasteiger charge is 2.40. The summed E-state index contributed by atoms with van der Waals surface area (Å²) in [4.78, 5) is 26.3. The van der Waals surface area contributed by atoms with Gasteiger partial charge in [0.2, 0.25) is 10.0 Å². The number of ether oxygens (including phenoxy) is 1. The van der Waals surface area contributed by atoms with Crippen molar-refractivity contribution in [3.8, 4) is 0 Å². The van der Waals surface area contributed by atoms with Crippen LogP contribution in [-0.4, -0.2) is 60.5 Å². The van der Waals surface area contributed by atoms with Crippen LogP contribution in [0.2, 0.25) is 0 Å². The topological polar surface area (TPSA) is 104 Å². The Kier molecular flexibility index (Phi) is 8.11. The largest absolute Gasteiger partial charge is 0.481 e. The molecule has 2 aromatic rings. The number of carboxylic acid groups (broad SMARTS) is 1. The molecule has 2 fully saturated rings. The van der Waals surface area contributed by atoms with Crippen molar-refractivity contribution in [3.63, 3.8) is 0 Å². The van der Waals surface area contributed by atoms with Gasteiger partial charge in [-0.1, -0.05) is 60.7 Å². The van der Waals surface area contributed by atoms with Gasteiger partial charge in [-0.3, -0.25) is 4.79 Å². The highest BCUT2D eigenvalue weighted by atomic mass is 32.2. The summed E-state index contributed by atoms with van der Waals surface area (Å²) in [5.41, 5.74) is 1.78. The SMILES string of the molecule is C=C1CC(CC[C@H]2CN(C(=O)OCc3ccccc3)CCN2S(=O)(=O)c2ccccc2)C(C(=O)O)C1. The number of carboxylic acids is 1. The molecular weight excluding hydrogens is 480 g/mol. The van der Waals surface area contributed by atoms with Gasteiger partial charge in [-0.15, -0.1) is 0 Å². The van der Waals surface area contributed by atoms with E-state index in [9.17, 15) is 23.1 Å². The molecule has 1 saturated heterocycles. The van der Waals surface area contributed by atoms with E-state index in [4.69, 9.17) is 4.74 Å². The van der Waals surface area contributed by atoms with Crippen LogP contribution < -0.4 is 0 Å². The lowest BCUT2D eigenvalue weighted by molar-refractivity contribution is -0.143. The Morgan fingerprint density at radius 2 is 1.64 bits per heavy atom. The second-order valence-corrected chi connectivity index (χ2v) is 11.4. The quantitative estimate of drug-likeness (QED) is 0.533. The minimum Gasteiger partial charge on any atom is -0.481 e. The zero-order valence-corrected chi connectivity index (χ0v) is 21.0. The Bertz CT molecular complexity index is 1190. The van der Waals surface area contributed by atoms with Crippen molar-refractivity contribution in [2.45, 2.75) is 43.2 Å². The van der Waals surface area contributed by atoms with Crippen LogP contribution in [-0.2, 0) is 26.2 Å². The average Bonchev–Trinajstić information content (AvgIpc) is 3.27. The van der Waals surface area contributed by atoms with Crippen LogP contribution in [0.1, 0.15) is 31.2 Å². The summed E-state index contributed by atoms with van der Waals surface area (Å²) in [6.45, 7) is 4.65. The van der Waals surface area contributed by atoms with E-state index in [-0.39, 0.29) is 37.1 Å². The normalized spacial score (nSPS) is 22.9. The Morgan fingerprint density at radius 3 is 2.31 bits per heavy atom. The molecule has 1 aliphatic carbocycles. The zero-order valence-electron chi connectivity index (χ0n) is 20.2. The summed E-state index contributed by atoms with van der Waals surface area (Å²) in [7, 11) is -3.78. The number of benzene rings is 2. The third-order valence-corrected chi connectivity index (χ3v) is 9.02. The molecule has 2 aliphatic rings. The van der Waals surface area contributed by atoms with Crippen molar-refractivity contribution in [3.05, 3.63) is 78.4 Å². The van der Waals surface area contributed by atoms with Gasteiger partial charge in [0.1, 0.15) is 6.61 Å². The first-order valence-corrected chi connectivity index (χ1v) is 13.6. The molecule has 2 aromatic carbocycles. The van der Waals surface area contributed by atoms with Gasteiger partial charge in [-0.25, -0.2) is 13.2 Å². The predicted molar refractivity (Wildman–Crippen MR) is 135 cm³/mol. The maximum Gasteiger partial charge on any atom is 0.410 e. The Labute approximate surface area is 212 Å². The molecule has 192 valence electrons. The number of piperazine rings is 1. The van der Waals surface area contributed by atoms with E-state index < -0.39 is 34.0 Å². The van der Waals surface area contributed by atoms with Crippen molar-refractivity contribution >= 4 is 22.1 Å². The van der Waals surface area contributed by atoms with E-state index in [1.165, 1.54) is 4.31 Å². The lowest BCUT2D eigenvalue weighted by atomic mass is 9.90. The van der Waals surface area contributed by atoms with Gasteiger partial charge >= 0.3 is 12.1 Å². The lowest BCUT2D eigenvalue weighted by Crippen LogP contribution is -2.56. The number of nitrogens with zero attached hydrogens (tertiary/aromatic N) is 2. The first-order chi connectivity index (χ1) is 17.3. The number of amides is 1. The first kappa shape index (κ1) is 25.9.